The molecule has 0 saturated carbocycles. The van der Waals surface area contributed by atoms with E-state index in [4.69, 9.17) is 9.47 Å². The number of carbonyl (C=O) groups excluding carboxylic acids is 3. The summed E-state index contributed by atoms with van der Waals surface area (Å²) in [5.74, 6) is -1.44. The minimum atomic E-state index is -1.55. The summed E-state index contributed by atoms with van der Waals surface area (Å²) < 4.78 is 10.7. The molecule has 38 heavy (non-hydrogen) atoms. The molecule has 1 unspecified atom stereocenters. The Hall–Kier alpha value is -3.76. The molecular weight excluding hydrogens is 506 g/mol. The monoisotopic (exact) mass is 539 g/mol. The van der Waals surface area contributed by atoms with Crippen molar-refractivity contribution in [2.24, 2.45) is 0 Å². The van der Waals surface area contributed by atoms with Crippen molar-refractivity contribution < 1.29 is 29.0 Å². The number of methoxy groups -OCH3 is 1. The highest BCUT2D eigenvalue weighted by Crippen LogP contribution is 2.31. The number of amides is 2. The molecule has 1 heterocycles. The van der Waals surface area contributed by atoms with Gasteiger partial charge in [-0.25, -0.2) is 9.78 Å². The number of carbonyl (C=O) groups is 3. The number of nitrogens with one attached hydrogen (secondary N) is 2. The van der Waals surface area contributed by atoms with Crippen LogP contribution in [-0.4, -0.2) is 41.0 Å². The number of anilines is 1. The first-order valence-electron chi connectivity index (χ1n) is 12.4. The van der Waals surface area contributed by atoms with Crippen molar-refractivity contribution >= 4 is 34.3 Å². The Bertz CT molecular complexity index is 1240. The van der Waals surface area contributed by atoms with Gasteiger partial charge < -0.3 is 25.2 Å². The number of ether oxygens (including phenoxy) is 2. The predicted molar refractivity (Wildman–Crippen MR) is 145 cm³/mol. The maximum Gasteiger partial charge on any atom is 0.357 e. The lowest BCUT2D eigenvalue weighted by Crippen LogP contribution is -2.45. The SMILES string of the molecule is CCC[C@H](NC(=O)C(O)c1ccccc1OCc1ccccc1)C(=O)Nc1nc(C(=O)OC)c(C(C)C)s1. The number of rotatable bonds is 12. The maximum atomic E-state index is 13.1. The van der Waals surface area contributed by atoms with Gasteiger partial charge in [0.1, 0.15) is 18.4 Å². The summed E-state index contributed by atoms with van der Waals surface area (Å²) in [6.45, 7) is 5.97. The van der Waals surface area contributed by atoms with E-state index in [2.05, 4.69) is 15.6 Å². The number of aliphatic hydroxyl groups excluding tert-OH is 1. The number of para-hydroxylation sites is 1. The first-order chi connectivity index (χ1) is 18.2. The fourth-order valence-electron chi connectivity index (χ4n) is 3.73. The number of nitrogens with zero attached hydrogens (tertiary/aromatic N) is 1. The van der Waals surface area contributed by atoms with E-state index in [0.29, 0.717) is 29.0 Å². The number of benzene rings is 2. The minimum absolute atomic E-state index is 0.00211. The van der Waals surface area contributed by atoms with Crippen LogP contribution < -0.4 is 15.4 Å². The standard InChI is InChI=1S/C28H33N3O6S/c1-5-11-20(25(33)31-28-30-22(27(35)36-4)24(38-28)17(2)3)29-26(34)23(32)19-14-9-10-15-21(19)37-16-18-12-7-6-8-13-18/h6-10,12-15,17,20,23,32H,5,11,16H2,1-4H3,(H,29,34)(H,30,31,33)/t20-,23?/m0/s1. The molecule has 0 aliphatic heterocycles. The van der Waals surface area contributed by atoms with Crippen molar-refractivity contribution in [3.05, 3.63) is 76.3 Å². The molecule has 0 bridgehead atoms. The Morgan fingerprint density at radius 1 is 1.03 bits per heavy atom. The third kappa shape index (κ3) is 7.39. The lowest BCUT2D eigenvalue weighted by molar-refractivity contribution is -0.133. The van der Waals surface area contributed by atoms with Crippen molar-refractivity contribution in [2.45, 2.75) is 58.3 Å². The summed E-state index contributed by atoms with van der Waals surface area (Å²) in [4.78, 5) is 43.1. The molecule has 0 spiro atoms. The fraction of sp³-hybridized carbons (Fsp3) is 0.357. The summed E-state index contributed by atoms with van der Waals surface area (Å²) in [5, 5.41) is 16.4. The van der Waals surface area contributed by atoms with Crippen LogP contribution in [-0.2, 0) is 20.9 Å². The largest absolute Gasteiger partial charge is 0.489 e. The number of thiazole rings is 1. The van der Waals surface area contributed by atoms with Crippen LogP contribution in [0, 0.1) is 0 Å². The molecule has 3 aromatic rings. The van der Waals surface area contributed by atoms with E-state index in [0.717, 1.165) is 5.56 Å². The zero-order valence-corrected chi connectivity index (χ0v) is 22.7. The maximum absolute atomic E-state index is 13.1. The first kappa shape index (κ1) is 28.8. The molecule has 10 heteroatoms. The molecule has 3 rings (SSSR count). The number of hydrogen-bond donors (Lipinski definition) is 3. The Balaban J connectivity index is 1.71. The normalized spacial score (nSPS) is 12.5. The Morgan fingerprint density at radius 3 is 2.37 bits per heavy atom. The molecule has 0 aliphatic rings. The molecule has 2 atom stereocenters. The summed E-state index contributed by atoms with van der Waals surface area (Å²) in [6, 6.07) is 15.4. The first-order valence-corrected chi connectivity index (χ1v) is 13.2. The van der Waals surface area contributed by atoms with Crippen LogP contribution in [0.15, 0.2) is 54.6 Å². The van der Waals surface area contributed by atoms with Gasteiger partial charge in [-0.3, -0.25) is 9.59 Å². The van der Waals surface area contributed by atoms with Crippen LogP contribution in [0.5, 0.6) is 5.75 Å². The lowest BCUT2D eigenvalue weighted by atomic mass is 10.1. The zero-order valence-electron chi connectivity index (χ0n) is 21.9. The third-order valence-electron chi connectivity index (χ3n) is 5.70. The van der Waals surface area contributed by atoms with Gasteiger partial charge in [-0.2, -0.15) is 0 Å². The van der Waals surface area contributed by atoms with Crippen LogP contribution in [0.3, 0.4) is 0 Å². The second kappa shape index (κ2) is 13.7. The molecule has 3 N–H and O–H groups in total. The van der Waals surface area contributed by atoms with Gasteiger partial charge in [-0.1, -0.05) is 75.7 Å². The van der Waals surface area contributed by atoms with Gasteiger partial charge in [0.25, 0.3) is 5.91 Å². The molecule has 0 saturated heterocycles. The van der Waals surface area contributed by atoms with Crippen molar-refractivity contribution in [3.63, 3.8) is 0 Å². The average Bonchev–Trinajstić information content (AvgIpc) is 3.35. The molecule has 0 aliphatic carbocycles. The van der Waals surface area contributed by atoms with Crippen molar-refractivity contribution in [1.82, 2.24) is 10.3 Å². The summed E-state index contributed by atoms with van der Waals surface area (Å²) in [5.41, 5.74) is 1.39. The summed E-state index contributed by atoms with van der Waals surface area (Å²) >= 11 is 1.18. The van der Waals surface area contributed by atoms with Crippen LogP contribution in [0.4, 0.5) is 5.13 Å². The smallest absolute Gasteiger partial charge is 0.357 e. The Morgan fingerprint density at radius 2 is 1.71 bits per heavy atom. The summed E-state index contributed by atoms with van der Waals surface area (Å²) in [7, 11) is 1.27. The minimum Gasteiger partial charge on any atom is -0.489 e. The molecular formula is C28H33N3O6S. The van der Waals surface area contributed by atoms with E-state index in [9.17, 15) is 19.5 Å². The van der Waals surface area contributed by atoms with E-state index in [1.54, 1.807) is 24.3 Å². The van der Waals surface area contributed by atoms with Crippen LogP contribution in [0.2, 0.25) is 0 Å². The van der Waals surface area contributed by atoms with Crippen molar-refractivity contribution in [3.8, 4) is 5.75 Å². The lowest BCUT2D eigenvalue weighted by Gasteiger charge is -2.21. The molecule has 202 valence electrons. The molecule has 1 aromatic heterocycles. The quantitative estimate of drug-likeness (QED) is 0.287. The zero-order chi connectivity index (χ0) is 27.7. The predicted octanol–water partition coefficient (Wildman–Crippen LogP) is 4.59. The van der Waals surface area contributed by atoms with Gasteiger partial charge in [-0.15, -0.1) is 11.3 Å². The number of esters is 1. The number of aromatic nitrogens is 1. The van der Waals surface area contributed by atoms with Gasteiger partial charge in [-0.05, 0) is 24.0 Å². The third-order valence-corrected chi connectivity index (χ3v) is 6.97. The summed E-state index contributed by atoms with van der Waals surface area (Å²) in [6.07, 6.45) is -0.608. The van der Waals surface area contributed by atoms with E-state index < -0.39 is 29.9 Å². The van der Waals surface area contributed by atoms with Gasteiger partial charge >= 0.3 is 5.97 Å². The Kier molecular flexibility index (Phi) is 10.4. The van der Waals surface area contributed by atoms with Crippen LogP contribution in [0.25, 0.3) is 0 Å². The van der Waals surface area contributed by atoms with Crippen molar-refractivity contribution in [2.75, 3.05) is 12.4 Å². The van der Waals surface area contributed by atoms with Gasteiger partial charge in [0.05, 0.1) is 7.11 Å². The topological polar surface area (TPSA) is 127 Å². The number of aliphatic hydroxyl groups is 1. The molecule has 2 aromatic carbocycles. The molecule has 9 nitrogen and oxygen atoms in total. The second-order valence-corrected chi connectivity index (χ2v) is 9.96. The Labute approximate surface area is 226 Å². The van der Waals surface area contributed by atoms with Crippen LogP contribution in [0.1, 0.15) is 72.1 Å². The molecule has 0 radical (unpaired) electrons. The highest BCUT2D eigenvalue weighted by atomic mass is 32.1. The van der Waals surface area contributed by atoms with E-state index in [1.165, 1.54) is 18.4 Å². The van der Waals surface area contributed by atoms with E-state index in [1.807, 2.05) is 51.1 Å². The average molecular weight is 540 g/mol. The van der Waals surface area contributed by atoms with Gasteiger partial charge in [0.15, 0.2) is 16.9 Å². The van der Waals surface area contributed by atoms with Crippen molar-refractivity contribution in [1.29, 1.82) is 0 Å². The van der Waals surface area contributed by atoms with Crippen LogP contribution >= 0.6 is 11.3 Å². The highest BCUT2D eigenvalue weighted by molar-refractivity contribution is 7.16. The highest BCUT2D eigenvalue weighted by Gasteiger charge is 2.28. The van der Waals surface area contributed by atoms with Gasteiger partial charge in [0.2, 0.25) is 5.91 Å². The molecule has 2 amide bonds. The van der Waals surface area contributed by atoms with Gasteiger partial charge in [0, 0.05) is 10.4 Å². The fourth-order valence-corrected chi connectivity index (χ4v) is 4.69. The second-order valence-electron chi connectivity index (χ2n) is 8.93. The molecule has 0 fully saturated rings. The van der Waals surface area contributed by atoms with E-state index >= 15 is 0 Å². The van der Waals surface area contributed by atoms with E-state index in [-0.39, 0.29) is 23.4 Å². The number of hydrogen-bond acceptors (Lipinski definition) is 8.